The second kappa shape index (κ2) is 10.1. The van der Waals surface area contributed by atoms with Crippen LogP contribution in [0, 0.1) is 13.8 Å². The second-order valence-corrected chi connectivity index (χ2v) is 9.60. The molecule has 1 N–H and O–H groups in total. The van der Waals surface area contributed by atoms with Gasteiger partial charge in [0, 0.05) is 10.7 Å². The van der Waals surface area contributed by atoms with Gasteiger partial charge in [0.1, 0.15) is 6.54 Å². The van der Waals surface area contributed by atoms with Gasteiger partial charge in [0.15, 0.2) is 0 Å². The van der Waals surface area contributed by atoms with Crippen LogP contribution in [0.2, 0.25) is 5.02 Å². The molecule has 7 nitrogen and oxygen atoms in total. The molecule has 0 aliphatic heterocycles. The van der Waals surface area contributed by atoms with Crippen LogP contribution in [0.15, 0.2) is 71.6 Å². The summed E-state index contributed by atoms with van der Waals surface area (Å²) in [6, 6.07) is 17.4. The normalized spacial score (nSPS) is 11.0. The van der Waals surface area contributed by atoms with Crippen LogP contribution in [-0.2, 0) is 19.6 Å². The fraction of sp³-hybridized carbons (Fsp3) is 0.167. The molecule has 172 valence electrons. The molecule has 0 heterocycles. The lowest BCUT2D eigenvalue weighted by Crippen LogP contribution is -2.38. The summed E-state index contributed by atoms with van der Waals surface area (Å²) in [5.41, 5.74) is 2.31. The van der Waals surface area contributed by atoms with Crippen LogP contribution in [-0.4, -0.2) is 33.9 Å². The van der Waals surface area contributed by atoms with Crippen molar-refractivity contribution in [2.24, 2.45) is 0 Å². The first-order valence-corrected chi connectivity index (χ1v) is 11.8. The van der Waals surface area contributed by atoms with Crippen molar-refractivity contribution in [3.8, 4) is 0 Å². The third-order valence-corrected chi connectivity index (χ3v) is 7.15. The lowest BCUT2D eigenvalue weighted by molar-refractivity contribution is -0.114. The summed E-state index contributed by atoms with van der Waals surface area (Å²) < 4.78 is 32.8. The fourth-order valence-corrected chi connectivity index (χ4v) is 4.82. The van der Waals surface area contributed by atoms with Crippen LogP contribution < -0.4 is 9.62 Å². The summed E-state index contributed by atoms with van der Waals surface area (Å²) in [4.78, 5) is 24.7. The Morgan fingerprint density at radius 1 is 1.00 bits per heavy atom. The van der Waals surface area contributed by atoms with Crippen molar-refractivity contribution < 1.29 is 22.7 Å². The fourth-order valence-electron chi connectivity index (χ4n) is 3.18. The van der Waals surface area contributed by atoms with Gasteiger partial charge in [-0.15, -0.1) is 0 Å². The molecule has 0 fully saturated rings. The zero-order valence-electron chi connectivity index (χ0n) is 18.3. The van der Waals surface area contributed by atoms with E-state index in [1.54, 1.807) is 55.5 Å². The Morgan fingerprint density at radius 3 is 2.33 bits per heavy atom. The molecule has 9 heteroatoms. The molecule has 3 rings (SSSR count). The summed E-state index contributed by atoms with van der Waals surface area (Å²) in [7, 11) is -2.82. The van der Waals surface area contributed by atoms with Crippen LogP contribution in [0.3, 0.4) is 0 Å². The van der Waals surface area contributed by atoms with Crippen molar-refractivity contribution in [3.63, 3.8) is 0 Å². The number of aryl methyl sites for hydroxylation is 1. The van der Waals surface area contributed by atoms with Gasteiger partial charge < -0.3 is 10.1 Å². The number of carbonyl (C=O) groups excluding carboxylic acids is 2. The summed E-state index contributed by atoms with van der Waals surface area (Å²) in [5, 5.41) is 3.02. The molecule has 0 bridgehead atoms. The van der Waals surface area contributed by atoms with Crippen molar-refractivity contribution >= 4 is 44.9 Å². The van der Waals surface area contributed by atoms with Gasteiger partial charge in [-0.2, -0.15) is 0 Å². The van der Waals surface area contributed by atoms with Crippen LogP contribution in [0.5, 0.6) is 0 Å². The van der Waals surface area contributed by atoms with E-state index in [9.17, 15) is 18.0 Å². The van der Waals surface area contributed by atoms with Crippen LogP contribution in [0.1, 0.15) is 21.5 Å². The Balaban J connectivity index is 1.97. The van der Waals surface area contributed by atoms with Gasteiger partial charge in [0.25, 0.3) is 10.0 Å². The number of carbonyl (C=O) groups is 2. The number of amides is 1. The molecular formula is C24H23ClN2O5S. The number of hydrogen-bond acceptors (Lipinski definition) is 5. The number of nitrogens with one attached hydrogen (secondary N) is 1. The van der Waals surface area contributed by atoms with Gasteiger partial charge in [0.2, 0.25) is 5.91 Å². The standard InChI is InChI=1S/C24H23ClN2O5S/c1-16-10-12-20(13-11-16)33(30,31)27(22-9-5-8-21(25)17(22)2)15-23(28)26-19-7-4-6-18(14-19)24(29)32-3/h4-14H,15H2,1-3H3,(H,26,28). The third-order valence-electron chi connectivity index (χ3n) is 4.97. The number of halogens is 1. The molecule has 1 amide bonds. The maximum Gasteiger partial charge on any atom is 0.337 e. The highest BCUT2D eigenvalue weighted by atomic mass is 35.5. The highest BCUT2D eigenvalue weighted by Gasteiger charge is 2.29. The number of nitrogens with zero attached hydrogens (tertiary/aromatic N) is 1. The van der Waals surface area contributed by atoms with Crippen molar-refractivity contribution in [1.82, 2.24) is 0 Å². The van der Waals surface area contributed by atoms with E-state index >= 15 is 0 Å². The Kier molecular flexibility index (Phi) is 7.40. The van der Waals surface area contributed by atoms with Crippen LogP contribution in [0.25, 0.3) is 0 Å². The maximum atomic E-state index is 13.5. The first kappa shape index (κ1) is 24.3. The molecule has 0 aliphatic carbocycles. The first-order valence-electron chi connectivity index (χ1n) is 9.96. The average molecular weight is 487 g/mol. The summed E-state index contributed by atoms with van der Waals surface area (Å²) >= 11 is 6.24. The van der Waals surface area contributed by atoms with Crippen molar-refractivity contribution in [3.05, 3.63) is 88.4 Å². The third kappa shape index (κ3) is 5.53. The van der Waals surface area contributed by atoms with Gasteiger partial charge in [-0.25, -0.2) is 13.2 Å². The van der Waals surface area contributed by atoms with Gasteiger partial charge >= 0.3 is 5.97 Å². The highest BCUT2D eigenvalue weighted by Crippen LogP contribution is 2.31. The van der Waals surface area contributed by atoms with Crippen molar-refractivity contribution in [2.45, 2.75) is 18.7 Å². The summed E-state index contributed by atoms with van der Waals surface area (Å²) in [5.74, 6) is -1.14. The lowest BCUT2D eigenvalue weighted by atomic mass is 10.2. The Labute approximate surface area is 198 Å². The van der Waals surface area contributed by atoms with E-state index in [1.165, 1.54) is 25.3 Å². The number of methoxy groups -OCH3 is 1. The van der Waals surface area contributed by atoms with Crippen LogP contribution >= 0.6 is 11.6 Å². The van der Waals surface area contributed by atoms with E-state index in [0.717, 1.165) is 9.87 Å². The summed E-state index contributed by atoms with van der Waals surface area (Å²) in [6.45, 7) is 3.04. The smallest absolute Gasteiger partial charge is 0.337 e. The van der Waals surface area contributed by atoms with E-state index < -0.39 is 28.4 Å². The summed E-state index contributed by atoms with van der Waals surface area (Å²) in [6.07, 6.45) is 0. The number of ether oxygens (including phenoxy) is 1. The van der Waals surface area contributed by atoms with Crippen molar-refractivity contribution in [1.29, 1.82) is 0 Å². The number of rotatable bonds is 7. The minimum absolute atomic E-state index is 0.0490. The van der Waals surface area contributed by atoms with E-state index in [4.69, 9.17) is 16.3 Å². The Morgan fingerprint density at radius 2 is 1.67 bits per heavy atom. The maximum absolute atomic E-state index is 13.5. The molecule has 0 radical (unpaired) electrons. The molecule has 0 atom stereocenters. The van der Waals surface area contributed by atoms with E-state index in [2.05, 4.69) is 5.32 Å². The molecule has 3 aromatic rings. The molecule has 0 aromatic heterocycles. The van der Waals surface area contributed by atoms with Gasteiger partial charge in [0.05, 0.1) is 23.3 Å². The SMILES string of the molecule is COC(=O)c1cccc(NC(=O)CN(c2cccc(Cl)c2C)S(=O)(=O)c2ccc(C)cc2)c1. The monoisotopic (exact) mass is 486 g/mol. The predicted molar refractivity (Wildman–Crippen MR) is 128 cm³/mol. The number of esters is 1. The van der Waals surface area contributed by atoms with Crippen molar-refractivity contribution in [2.75, 3.05) is 23.3 Å². The topological polar surface area (TPSA) is 92.8 Å². The zero-order valence-corrected chi connectivity index (χ0v) is 19.9. The molecule has 0 saturated carbocycles. The largest absolute Gasteiger partial charge is 0.465 e. The number of hydrogen-bond donors (Lipinski definition) is 1. The first-order chi connectivity index (χ1) is 15.6. The van der Waals surface area contributed by atoms with E-state index in [1.807, 2.05) is 6.92 Å². The van der Waals surface area contributed by atoms with E-state index in [-0.39, 0.29) is 10.5 Å². The molecule has 33 heavy (non-hydrogen) atoms. The second-order valence-electron chi connectivity index (χ2n) is 7.33. The molecule has 0 saturated heterocycles. The number of sulfonamides is 1. The zero-order chi connectivity index (χ0) is 24.2. The molecular weight excluding hydrogens is 464 g/mol. The molecule has 0 unspecified atom stereocenters. The van der Waals surface area contributed by atoms with Gasteiger partial charge in [-0.05, 0) is 61.9 Å². The van der Waals surface area contributed by atoms with Gasteiger partial charge in [-0.1, -0.05) is 41.4 Å². The predicted octanol–water partition coefficient (Wildman–Crippen LogP) is 4.58. The Hall–Kier alpha value is -3.36. The number of benzene rings is 3. The lowest BCUT2D eigenvalue weighted by Gasteiger charge is -2.26. The minimum Gasteiger partial charge on any atom is -0.465 e. The Bertz CT molecular complexity index is 1290. The average Bonchev–Trinajstić information content (AvgIpc) is 2.79. The van der Waals surface area contributed by atoms with Crippen LogP contribution in [0.4, 0.5) is 11.4 Å². The molecule has 0 spiro atoms. The highest BCUT2D eigenvalue weighted by molar-refractivity contribution is 7.92. The minimum atomic E-state index is -4.08. The quantitative estimate of drug-likeness (QED) is 0.493. The number of anilines is 2. The molecule has 0 aliphatic rings. The van der Waals surface area contributed by atoms with Gasteiger partial charge in [-0.3, -0.25) is 9.10 Å². The molecule has 3 aromatic carbocycles. The van der Waals surface area contributed by atoms with E-state index in [0.29, 0.717) is 22.0 Å².